The number of nitrogens with zero attached hydrogens (tertiary/aromatic N) is 1. The van der Waals surface area contributed by atoms with Crippen molar-refractivity contribution >= 4 is 27.5 Å². The van der Waals surface area contributed by atoms with E-state index in [2.05, 4.69) is 5.32 Å². The van der Waals surface area contributed by atoms with Crippen molar-refractivity contribution in [3.8, 4) is 0 Å². The molecule has 0 aliphatic carbocycles. The van der Waals surface area contributed by atoms with Gasteiger partial charge in [-0.15, -0.1) is 0 Å². The first-order valence-corrected chi connectivity index (χ1v) is 9.48. The van der Waals surface area contributed by atoms with Crippen LogP contribution in [0.25, 0.3) is 0 Å². The Bertz CT molecular complexity index is 910. The number of benzene rings is 2. The molecule has 2 aromatic carbocycles. The van der Waals surface area contributed by atoms with E-state index < -0.39 is 21.8 Å². The highest BCUT2D eigenvalue weighted by Gasteiger charge is 2.42. The molecule has 0 radical (unpaired) electrons. The molecule has 1 fully saturated rings. The van der Waals surface area contributed by atoms with Crippen molar-refractivity contribution in [2.75, 3.05) is 10.1 Å². The Morgan fingerprint density at radius 2 is 1.88 bits per heavy atom. The maximum Gasteiger partial charge on any atom is 0.251 e. The molecule has 2 amide bonds. The number of carbonyl (C=O) groups excluding carboxylic acids is 2. The second-order valence-electron chi connectivity index (χ2n) is 6.00. The standard InChI is InChI=1S/C18H18N2O4S/c1-13-12-25(23,24)20(18(13)22)16-9-5-8-15(10-16)17(21)19-11-14-6-3-2-4-7-14/h2-10,13H,11-12H2,1H3,(H,19,21)/t13-/m1/s1. The average Bonchev–Trinajstić information content (AvgIpc) is 2.81. The minimum atomic E-state index is -3.68. The Labute approximate surface area is 146 Å². The number of rotatable bonds is 4. The van der Waals surface area contributed by atoms with Crippen LogP contribution in [0, 0.1) is 5.92 Å². The van der Waals surface area contributed by atoms with Crippen LogP contribution < -0.4 is 9.62 Å². The van der Waals surface area contributed by atoms with E-state index in [0.717, 1.165) is 9.87 Å². The van der Waals surface area contributed by atoms with Gasteiger partial charge in [0, 0.05) is 12.1 Å². The fraction of sp³-hybridized carbons (Fsp3) is 0.222. The minimum Gasteiger partial charge on any atom is -0.348 e. The third-order valence-corrected chi connectivity index (χ3v) is 5.87. The first-order chi connectivity index (χ1) is 11.9. The van der Waals surface area contributed by atoms with E-state index in [4.69, 9.17) is 0 Å². The lowest BCUT2D eigenvalue weighted by Gasteiger charge is -2.16. The number of hydrogen-bond donors (Lipinski definition) is 1. The zero-order valence-corrected chi connectivity index (χ0v) is 14.5. The number of nitrogens with one attached hydrogen (secondary N) is 1. The molecule has 1 saturated heterocycles. The summed E-state index contributed by atoms with van der Waals surface area (Å²) < 4.78 is 25.2. The second kappa shape index (κ2) is 6.68. The molecule has 25 heavy (non-hydrogen) atoms. The van der Waals surface area contributed by atoms with E-state index >= 15 is 0 Å². The highest BCUT2D eigenvalue weighted by molar-refractivity contribution is 7.94. The molecule has 0 unspecified atom stereocenters. The molecule has 6 nitrogen and oxygen atoms in total. The van der Waals surface area contributed by atoms with E-state index in [1.165, 1.54) is 12.1 Å². The van der Waals surface area contributed by atoms with Crippen molar-refractivity contribution in [2.24, 2.45) is 5.92 Å². The van der Waals surface area contributed by atoms with Gasteiger partial charge in [-0.3, -0.25) is 9.59 Å². The van der Waals surface area contributed by atoms with Crippen molar-refractivity contribution in [3.05, 3.63) is 65.7 Å². The minimum absolute atomic E-state index is 0.196. The molecule has 0 aromatic heterocycles. The predicted molar refractivity (Wildman–Crippen MR) is 94.5 cm³/mol. The van der Waals surface area contributed by atoms with Crippen molar-refractivity contribution < 1.29 is 18.0 Å². The maximum absolute atomic E-state index is 12.3. The van der Waals surface area contributed by atoms with Crippen LogP contribution in [-0.2, 0) is 21.4 Å². The number of sulfonamides is 1. The number of anilines is 1. The van der Waals surface area contributed by atoms with Gasteiger partial charge in [0.15, 0.2) is 0 Å². The molecule has 1 atom stereocenters. The van der Waals surface area contributed by atoms with Gasteiger partial charge in [-0.2, -0.15) is 0 Å². The highest BCUT2D eigenvalue weighted by atomic mass is 32.2. The van der Waals surface area contributed by atoms with E-state index in [0.29, 0.717) is 12.1 Å². The van der Waals surface area contributed by atoms with Crippen LogP contribution in [0.15, 0.2) is 54.6 Å². The number of carbonyl (C=O) groups is 2. The molecular weight excluding hydrogens is 340 g/mol. The summed E-state index contributed by atoms with van der Waals surface area (Å²) in [5.41, 5.74) is 1.45. The van der Waals surface area contributed by atoms with Gasteiger partial charge in [-0.05, 0) is 23.8 Å². The normalized spacial score (nSPS) is 19.0. The van der Waals surface area contributed by atoms with Crippen LogP contribution in [0.4, 0.5) is 5.69 Å². The molecular formula is C18H18N2O4S. The molecule has 0 spiro atoms. The van der Waals surface area contributed by atoms with Crippen LogP contribution >= 0.6 is 0 Å². The molecule has 7 heteroatoms. The Morgan fingerprint density at radius 1 is 1.16 bits per heavy atom. The van der Waals surface area contributed by atoms with Crippen molar-refractivity contribution in [3.63, 3.8) is 0 Å². The zero-order valence-electron chi connectivity index (χ0n) is 13.7. The van der Waals surface area contributed by atoms with Gasteiger partial charge in [-0.1, -0.05) is 43.3 Å². The van der Waals surface area contributed by atoms with E-state index in [9.17, 15) is 18.0 Å². The summed E-state index contributed by atoms with van der Waals surface area (Å²) in [6.45, 7) is 1.94. The van der Waals surface area contributed by atoms with Gasteiger partial charge in [0.05, 0.1) is 17.4 Å². The van der Waals surface area contributed by atoms with Gasteiger partial charge >= 0.3 is 0 Å². The molecule has 1 N–H and O–H groups in total. The quantitative estimate of drug-likeness (QED) is 0.905. The lowest BCUT2D eigenvalue weighted by Crippen LogP contribution is -2.30. The average molecular weight is 358 g/mol. The molecule has 3 rings (SSSR count). The smallest absolute Gasteiger partial charge is 0.251 e. The Morgan fingerprint density at radius 3 is 2.52 bits per heavy atom. The molecule has 2 aromatic rings. The van der Waals surface area contributed by atoms with Gasteiger partial charge in [0.1, 0.15) is 0 Å². The Kier molecular flexibility index (Phi) is 4.59. The van der Waals surface area contributed by atoms with Crippen molar-refractivity contribution in [2.45, 2.75) is 13.5 Å². The maximum atomic E-state index is 12.3. The number of hydrogen-bond acceptors (Lipinski definition) is 4. The van der Waals surface area contributed by atoms with E-state index in [1.807, 2.05) is 30.3 Å². The van der Waals surface area contributed by atoms with E-state index in [-0.39, 0.29) is 17.3 Å². The molecule has 1 aliphatic rings. The summed E-state index contributed by atoms with van der Waals surface area (Å²) in [6, 6.07) is 15.5. The molecule has 1 heterocycles. The van der Waals surface area contributed by atoms with Gasteiger partial charge in [0.2, 0.25) is 15.9 Å². The molecule has 130 valence electrons. The van der Waals surface area contributed by atoms with Gasteiger partial charge < -0.3 is 5.32 Å². The van der Waals surface area contributed by atoms with Gasteiger partial charge in [0.25, 0.3) is 5.91 Å². The topological polar surface area (TPSA) is 83.6 Å². The summed E-state index contributed by atoms with van der Waals surface area (Å²) in [4.78, 5) is 24.5. The monoisotopic (exact) mass is 358 g/mol. The molecule has 0 bridgehead atoms. The molecule has 0 saturated carbocycles. The highest BCUT2D eigenvalue weighted by Crippen LogP contribution is 2.28. The fourth-order valence-electron chi connectivity index (χ4n) is 2.74. The largest absolute Gasteiger partial charge is 0.348 e. The lowest BCUT2D eigenvalue weighted by atomic mass is 10.1. The zero-order chi connectivity index (χ0) is 18.0. The lowest BCUT2D eigenvalue weighted by molar-refractivity contribution is -0.119. The SMILES string of the molecule is C[C@@H]1CS(=O)(=O)N(c2cccc(C(=O)NCc3ccccc3)c2)C1=O. The van der Waals surface area contributed by atoms with Crippen molar-refractivity contribution in [1.82, 2.24) is 5.32 Å². The van der Waals surface area contributed by atoms with Crippen LogP contribution in [0.2, 0.25) is 0 Å². The van der Waals surface area contributed by atoms with Crippen LogP contribution in [-0.4, -0.2) is 26.0 Å². The first kappa shape index (κ1) is 17.2. The second-order valence-corrected chi connectivity index (χ2v) is 7.86. The summed E-state index contributed by atoms with van der Waals surface area (Å²) in [6.07, 6.45) is 0. The predicted octanol–water partition coefficient (Wildman–Crippen LogP) is 1.93. The van der Waals surface area contributed by atoms with Crippen LogP contribution in [0.3, 0.4) is 0 Å². The summed E-state index contributed by atoms with van der Waals surface area (Å²) in [5, 5.41) is 2.78. The molecule has 1 aliphatic heterocycles. The summed E-state index contributed by atoms with van der Waals surface area (Å²) in [7, 11) is -3.68. The van der Waals surface area contributed by atoms with Crippen molar-refractivity contribution in [1.29, 1.82) is 0 Å². The summed E-state index contributed by atoms with van der Waals surface area (Å²) >= 11 is 0. The van der Waals surface area contributed by atoms with Crippen LogP contribution in [0.5, 0.6) is 0 Å². The van der Waals surface area contributed by atoms with Crippen LogP contribution in [0.1, 0.15) is 22.8 Å². The third kappa shape index (κ3) is 3.56. The fourth-order valence-corrected chi connectivity index (χ4v) is 4.55. The Balaban J connectivity index is 1.80. The van der Waals surface area contributed by atoms with E-state index in [1.54, 1.807) is 19.1 Å². The number of amides is 2. The van der Waals surface area contributed by atoms with Gasteiger partial charge in [-0.25, -0.2) is 12.7 Å². The third-order valence-electron chi connectivity index (χ3n) is 4.00. The first-order valence-electron chi connectivity index (χ1n) is 7.87. The Hall–Kier alpha value is -2.67. The summed E-state index contributed by atoms with van der Waals surface area (Å²) in [5.74, 6) is -1.60.